The van der Waals surface area contributed by atoms with Crippen LogP contribution in [-0.4, -0.2) is 41.0 Å². The Morgan fingerprint density at radius 1 is 1.17 bits per heavy atom. The lowest BCUT2D eigenvalue weighted by molar-refractivity contribution is 0.0891. The maximum Gasteiger partial charge on any atom is 0.253 e. The monoisotopic (exact) mass is 317 g/mol. The summed E-state index contributed by atoms with van der Waals surface area (Å²) in [4.78, 5) is 29.3. The Balaban J connectivity index is 1.58. The molecule has 1 saturated heterocycles. The van der Waals surface area contributed by atoms with Crippen molar-refractivity contribution in [2.75, 3.05) is 13.1 Å². The first-order chi connectivity index (χ1) is 11.0. The van der Waals surface area contributed by atoms with Crippen LogP contribution in [0.2, 0.25) is 0 Å². The highest BCUT2D eigenvalue weighted by atomic mass is 16.2. The van der Waals surface area contributed by atoms with Crippen molar-refractivity contribution in [2.45, 2.75) is 64.5 Å². The number of carbonyl (C=O) groups is 1. The number of nitrogens with one attached hydrogen (secondary N) is 2. The van der Waals surface area contributed by atoms with Crippen molar-refractivity contribution in [3.8, 4) is 0 Å². The minimum atomic E-state index is -0.151. The van der Waals surface area contributed by atoms with Gasteiger partial charge < -0.3 is 15.2 Å². The molecular formula is C18H27N3O2. The van der Waals surface area contributed by atoms with Crippen molar-refractivity contribution >= 4 is 5.91 Å². The lowest BCUT2D eigenvalue weighted by Gasteiger charge is -2.36. The van der Waals surface area contributed by atoms with Crippen LogP contribution in [0.15, 0.2) is 10.9 Å². The lowest BCUT2D eigenvalue weighted by Crippen LogP contribution is -2.47. The van der Waals surface area contributed by atoms with E-state index in [-0.39, 0.29) is 17.5 Å². The standard InChI is InChI=1S/C18H27N3O2/c1-12-11-16(22)19-13(2)17(12)18(23)20-14-7-9-21(10-8-14)15-5-3-4-6-15/h11,14-15H,3-10H2,1-2H3,(H,19,22)(H,20,23). The van der Waals surface area contributed by atoms with Gasteiger partial charge in [-0.05, 0) is 45.1 Å². The highest BCUT2D eigenvalue weighted by molar-refractivity contribution is 5.96. The van der Waals surface area contributed by atoms with Gasteiger partial charge in [0.25, 0.3) is 5.91 Å². The van der Waals surface area contributed by atoms with Crippen molar-refractivity contribution in [2.24, 2.45) is 0 Å². The summed E-state index contributed by atoms with van der Waals surface area (Å²) < 4.78 is 0. The van der Waals surface area contributed by atoms with E-state index in [9.17, 15) is 9.59 Å². The smallest absolute Gasteiger partial charge is 0.253 e. The van der Waals surface area contributed by atoms with E-state index in [0.29, 0.717) is 11.3 Å². The van der Waals surface area contributed by atoms with Crippen molar-refractivity contribution in [3.05, 3.63) is 33.2 Å². The fraction of sp³-hybridized carbons (Fsp3) is 0.667. The van der Waals surface area contributed by atoms with E-state index in [2.05, 4.69) is 15.2 Å². The molecule has 126 valence electrons. The highest BCUT2D eigenvalue weighted by Crippen LogP contribution is 2.26. The third-order valence-corrected chi connectivity index (χ3v) is 5.36. The molecule has 0 spiro atoms. The van der Waals surface area contributed by atoms with Crippen LogP contribution in [0.3, 0.4) is 0 Å². The molecule has 23 heavy (non-hydrogen) atoms. The Labute approximate surface area is 137 Å². The van der Waals surface area contributed by atoms with E-state index in [0.717, 1.165) is 37.5 Å². The molecule has 0 atom stereocenters. The molecule has 1 saturated carbocycles. The van der Waals surface area contributed by atoms with Gasteiger partial charge in [0.1, 0.15) is 0 Å². The Morgan fingerprint density at radius 3 is 2.43 bits per heavy atom. The number of likely N-dealkylation sites (tertiary alicyclic amines) is 1. The zero-order valence-electron chi connectivity index (χ0n) is 14.2. The van der Waals surface area contributed by atoms with Gasteiger partial charge >= 0.3 is 0 Å². The molecule has 1 aliphatic heterocycles. The van der Waals surface area contributed by atoms with Gasteiger partial charge in [0, 0.05) is 36.9 Å². The number of hydrogen-bond donors (Lipinski definition) is 2. The second-order valence-corrected chi connectivity index (χ2v) is 7.04. The SMILES string of the molecule is Cc1cc(=O)[nH]c(C)c1C(=O)NC1CCN(C2CCCC2)CC1. The van der Waals surface area contributed by atoms with Crippen LogP contribution in [0, 0.1) is 13.8 Å². The third-order valence-electron chi connectivity index (χ3n) is 5.36. The Bertz CT molecular complexity index is 597. The summed E-state index contributed by atoms with van der Waals surface area (Å²) in [6, 6.07) is 2.51. The summed E-state index contributed by atoms with van der Waals surface area (Å²) in [5.74, 6) is -0.0597. The molecule has 0 aromatic carbocycles. The summed E-state index contributed by atoms with van der Waals surface area (Å²) in [6.07, 6.45) is 7.45. The van der Waals surface area contributed by atoms with Gasteiger partial charge in [0.05, 0.1) is 5.56 Å². The molecule has 1 aromatic heterocycles. The predicted molar refractivity (Wildman–Crippen MR) is 90.9 cm³/mol. The first-order valence-electron chi connectivity index (χ1n) is 8.80. The minimum Gasteiger partial charge on any atom is -0.349 e. The number of aromatic nitrogens is 1. The minimum absolute atomic E-state index is 0.0597. The molecule has 2 heterocycles. The van der Waals surface area contributed by atoms with Crippen LogP contribution in [0.4, 0.5) is 0 Å². The molecule has 1 aliphatic carbocycles. The molecule has 0 bridgehead atoms. The number of piperidine rings is 1. The average Bonchev–Trinajstić information content (AvgIpc) is 3.01. The summed E-state index contributed by atoms with van der Waals surface area (Å²) in [7, 11) is 0. The highest BCUT2D eigenvalue weighted by Gasteiger charge is 2.28. The molecule has 1 aromatic rings. The summed E-state index contributed by atoms with van der Waals surface area (Å²) in [5, 5.41) is 3.16. The van der Waals surface area contributed by atoms with Gasteiger partial charge in [-0.1, -0.05) is 12.8 Å². The average molecular weight is 317 g/mol. The molecule has 1 amide bonds. The largest absolute Gasteiger partial charge is 0.349 e. The molecule has 0 unspecified atom stereocenters. The number of hydrogen-bond acceptors (Lipinski definition) is 3. The molecule has 5 heteroatoms. The number of carbonyl (C=O) groups excluding carboxylic acids is 1. The zero-order chi connectivity index (χ0) is 16.4. The fourth-order valence-corrected chi connectivity index (χ4v) is 4.13. The van der Waals surface area contributed by atoms with Crippen LogP contribution >= 0.6 is 0 Å². The number of aryl methyl sites for hydroxylation is 2. The van der Waals surface area contributed by atoms with Gasteiger partial charge in [-0.15, -0.1) is 0 Å². The second kappa shape index (κ2) is 6.87. The van der Waals surface area contributed by atoms with E-state index < -0.39 is 0 Å². The Morgan fingerprint density at radius 2 is 1.83 bits per heavy atom. The molecular weight excluding hydrogens is 290 g/mol. The van der Waals surface area contributed by atoms with E-state index in [1.807, 2.05) is 6.92 Å². The predicted octanol–water partition coefficient (Wildman–Crippen LogP) is 2.13. The quantitative estimate of drug-likeness (QED) is 0.897. The fourth-order valence-electron chi connectivity index (χ4n) is 4.13. The number of H-pyrrole nitrogens is 1. The van der Waals surface area contributed by atoms with Crippen molar-refractivity contribution < 1.29 is 4.79 Å². The summed E-state index contributed by atoms with van der Waals surface area (Å²) in [6.45, 7) is 5.77. The third kappa shape index (κ3) is 3.66. The maximum absolute atomic E-state index is 12.6. The van der Waals surface area contributed by atoms with E-state index in [4.69, 9.17) is 0 Å². The van der Waals surface area contributed by atoms with Gasteiger partial charge in [0.15, 0.2) is 0 Å². The van der Waals surface area contributed by atoms with E-state index in [1.165, 1.54) is 31.7 Å². The van der Waals surface area contributed by atoms with Crippen LogP contribution in [-0.2, 0) is 0 Å². The number of rotatable bonds is 3. The number of aromatic amines is 1. The van der Waals surface area contributed by atoms with Crippen LogP contribution in [0.1, 0.15) is 60.1 Å². The van der Waals surface area contributed by atoms with Crippen LogP contribution in [0.25, 0.3) is 0 Å². The lowest BCUT2D eigenvalue weighted by atomic mass is 10.0. The summed E-state index contributed by atoms with van der Waals surface area (Å²) >= 11 is 0. The van der Waals surface area contributed by atoms with Crippen molar-refractivity contribution in [3.63, 3.8) is 0 Å². The number of nitrogens with zero attached hydrogens (tertiary/aromatic N) is 1. The van der Waals surface area contributed by atoms with E-state index >= 15 is 0 Å². The molecule has 3 rings (SSSR count). The molecule has 2 aliphatic rings. The maximum atomic E-state index is 12.6. The van der Waals surface area contributed by atoms with Crippen molar-refractivity contribution in [1.29, 1.82) is 0 Å². The van der Waals surface area contributed by atoms with Gasteiger partial charge in [-0.2, -0.15) is 0 Å². The zero-order valence-corrected chi connectivity index (χ0v) is 14.2. The van der Waals surface area contributed by atoms with Gasteiger partial charge in [-0.25, -0.2) is 0 Å². The first-order valence-corrected chi connectivity index (χ1v) is 8.80. The van der Waals surface area contributed by atoms with Gasteiger partial charge in [-0.3, -0.25) is 9.59 Å². The molecule has 0 radical (unpaired) electrons. The van der Waals surface area contributed by atoms with Crippen molar-refractivity contribution in [1.82, 2.24) is 15.2 Å². The van der Waals surface area contributed by atoms with Crippen LogP contribution in [0.5, 0.6) is 0 Å². The first kappa shape index (κ1) is 16.2. The summed E-state index contributed by atoms with van der Waals surface area (Å²) in [5.41, 5.74) is 1.85. The number of pyridine rings is 1. The number of amides is 1. The van der Waals surface area contributed by atoms with E-state index in [1.54, 1.807) is 6.92 Å². The Hall–Kier alpha value is -1.62. The second-order valence-electron chi connectivity index (χ2n) is 7.04. The Kier molecular flexibility index (Phi) is 4.85. The molecule has 5 nitrogen and oxygen atoms in total. The molecule has 2 N–H and O–H groups in total. The topological polar surface area (TPSA) is 65.2 Å². The normalized spacial score (nSPS) is 20.8. The van der Waals surface area contributed by atoms with Crippen LogP contribution < -0.4 is 10.9 Å². The van der Waals surface area contributed by atoms with Gasteiger partial charge in [0.2, 0.25) is 5.56 Å². The molecule has 2 fully saturated rings.